The topological polar surface area (TPSA) is 83.4 Å². The van der Waals surface area contributed by atoms with E-state index in [4.69, 9.17) is 9.47 Å². The van der Waals surface area contributed by atoms with Gasteiger partial charge in [0.1, 0.15) is 5.75 Å². The van der Waals surface area contributed by atoms with E-state index in [9.17, 15) is 9.90 Å². The molecule has 2 N–H and O–H groups in total. The van der Waals surface area contributed by atoms with Crippen LogP contribution in [0.4, 0.5) is 5.69 Å². The van der Waals surface area contributed by atoms with Crippen molar-refractivity contribution in [2.75, 3.05) is 19.0 Å². The molecule has 1 unspecified atom stereocenters. The maximum atomic E-state index is 13.4. The quantitative estimate of drug-likeness (QED) is 0.548. The third-order valence-electron chi connectivity index (χ3n) is 5.26. The molecule has 32 heavy (non-hydrogen) atoms. The van der Waals surface area contributed by atoms with Crippen LogP contribution in [0.2, 0.25) is 0 Å². The molecular weight excluding hydrogens is 406 g/mol. The first kappa shape index (κ1) is 21.2. The Bertz CT molecular complexity index is 1180. The molecule has 7 nitrogen and oxygen atoms in total. The number of benzene rings is 3. The Kier molecular flexibility index (Phi) is 5.98. The van der Waals surface area contributed by atoms with Crippen molar-refractivity contribution in [3.8, 4) is 17.2 Å². The lowest BCUT2D eigenvalue weighted by Crippen LogP contribution is -2.40. The monoisotopic (exact) mass is 431 g/mol. The zero-order chi connectivity index (χ0) is 22.7. The minimum atomic E-state index is -0.581. The number of ether oxygens (including phenoxy) is 2. The van der Waals surface area contributed by atoms with Crippen LogP contribution in [0.1, 0.15) is 41.5 Å². The van der Waals surface area contributed by atoms with Gasteiger partial charge >= 0.3 is 0 Å². The van der Waals surface area contributed by atoms with Crippen LogP contribution in [0.3, 0.4) is 0 Å². The highest BCUT2D eigenvalue weighted by molar-refractivity contribution is 6.05. The second-order valence-electron chi connectivity index (χ2n) is 7.29. The van der Waals surface area contributed by atoms with Gasteiger partial charge in [0.2, 0.25) is 0 Å². The van der Waals surface area contributed by atoms with Crippen molar-refractivity contribution in [3.63, 3.8) is 0 Å². The SMILES string of the molecule is CCOc1ccc(C2Nc3ccccc3C(=O)N2N=C(C)c2ccccc2O)cc1OC. The van der Waals surface area contributed by atoms with Crippen molar-refractivity contribution in [1.82, 2.24) is 5.01 Å². The minimum Gasteiger partial charge on any atom is -0.507 e. The molecule has 4 rings (SSSR count). The molecule has 164 valence electrons. The number of nitrogens with one attached hydrogen (secondary N) is 1. The number of carbonyl (C=O) groups is 1. The molecule has 0 saturated heterocycles. The summed E-state index contributed by atoms with van der Waals surface area (Å²) in [6, 6.07) is 19.8. The molecule has 1 amide bonds. The van der Waals surface area contributed by atoms with E-state index in [0.29, 0.717) is 34.9 Å². The average Bonchev–Trinajstić information content (AvgIpc) is 2.81. The highest BCUT2D eigenvalue weighted by Crippen LogP contribution is 2.37. The minimum absolute atomic E-state index is 0.103. The van der Waals surface area contributed by atoms with E-state index in [1.165, 1.54) is 5.01 Å². The van der Waals surface area contributed by atoms with Crippen LogP contribution in [0.5, 0.6) is 17.2 Å². The van der Waals surface area contributed by atoms with E-state index in [1.807, 2.05) is 49.4 Å². The van der Waals surface area contributed by atoms with Gasteiger partial charge in [0.15, 0.2) is 17.7 Å². The van der Waals surface area contributed by atoms with Crippen LogP contribution >= 0.6 is 0 Å². The Morgan fingerprint density at radius 1 is 1.09 bits per heavy atom. The Morgan fingerprint density at radius 3 is 2.59 bits per heavy atom. The van der Waals surface area contributed by atoms with Gasteiger partial charge in [-0.25, -0.2) is 5.01 Å². The van der Waals surface area contributed by atoms with E-state index in [2.05, 4.69) is 10.4 Å². The van der Waals surface area contributed by atoms with E-state index in [0.717, 1.165) is 11.3 Å². The van der Waals surface area contributed by atoms with E-state index < -0.39 is 6.17 Å². The molecule has 3 aromatic carbocycles. The molecule has 0 aliphatic carbocycles. The molecule has 0 fully saturated rings. The lowest BCUT2D eigenvalue weighted by Gasteiger charge is -2.35. The first-order chi connectivity index (χ1) is 15.5. The number of hydrogen-bond donors (Lipinski definition) is 2. The van der Waals surface area contributed by atoms with Crippen LogP contribution in [-0.2, 0) is 0 Å². The normalized spacial score (nSPS) is 15.7. The van der Waals surface area contributed by atoms with Crippen molar-refractivity contribution >= 4 is 17.3 Å². The summed E-state index contributed by atoms with van der Waals surface area (Å²) in [5.74, 6) is 1.05. The molecular formula is C25H25N3O4. The second kappa shape index (κ2) is 9.01. The predicted molar refractivity (Wildman–Crippen MR) is 123 cm³/mol. The van der Waals surface area contributed by atoms with Crippen LogP contribution in [0.15, 0.2) is 71.8 Å². The van der Waals surface area contributed by atoms with Crippen LogP contribution in [0, 0.1) is 0 Å². The number of nitrogens with zero attached hydrogens (tertiary/aromatic N) is 2. The van der Waals surface area contributed by atoms with E-state index >= 15 is 0 Å². The first-order valence-corrected chi connectivity index (χ1v) is 10.4. The number of anilines is 1. The molecule has 7 heteroatoms. The zero-order valence-electron chi connectivity index (χ0n) is 18.2. The maximum absolute atomic E-state index is 13.4. The molecule has 1 aliphatic rings. The van der Waals surface area contributed by atoms with Gasteiger partial charge in [-0.05, 0) is 50.2 Å². The van der Waals surface area contributed by atoms with Crippen molar-refractivity contribution in [3.05, 3.63) is 83.4 Å². The third kappa shape index (κ3) is 3.97. The van der Waals surface area contributed by atoms with Crippen molar-refractivity contribution in [1.29, 1.82) is 0 Å². The lowest BCUT2D eigenvalue weighted by atomic mass is 10.0. The molecule has 1 aliphatic heterocycles. The highest BCUT2D eigenvalue weighted by atomic mass is 16.5. The van der Waals surface area contributed by atoms with Crippen LogP contribution in [0.25, 0.3) is 0 Å². The fraction of sp³-hybridized carbons (Fsp3) is 0.200. The number of para-hydroxylation sites is 2. The first-order valence-electron chi connectivity index (χ1n) is 10.4. The number of hydrazone groups is 1. The van der Waals surface area contributed by atoms with Crippen molar-refractivity contribution in [2.24, 2.45) is 5.10 Å². The number of amides is 1. The van der Waals surface area contributed by atoms with Crippen molar-refractivity contribution in [2.45, 2.75) is 20.0 Å². The van der Waals surface area contributed by atoms with Gasteiger partial charge in [-0.15, -0.1) is 0 Å². The fourth-order valence-electron chi connectivity index (χ4n) is 3.70. The number of methoxy groups -OCH3 is 1. The number of carbonyl (C=O) groups excluding carboxylic acids is 1. The summed E-state index contributed by atoms with van der Waals surface area (Å²) >= 11 is 0. The number of aromatic hydroxyl groups is 1. The lowest BCUT2D eigenvalue weighted by molar-refractivity contribution is 0.0689. The van der Waals surface area contributed by atoms with Gasteiger partial charge in [0.05, 0.1) is 25.0 Å². The van der Waals surface area contributed by atoms with Crippen LogP contribution < -0.4 is 14.8 Å². The predicted octanol–water partition coefficient (Wildman–Crippen LogP) is 4.79. The summed E-state index contributed by atoms with van der Waals surface area (Å²) in [5.41, 5.74) is 3.10. The third-order valence-corrected chi connectivity index (χ3v) is 5.26. The fourth-order valence-corrected chi connectivity index (χ4v) is 3.70. The summed E-state index contributed by atoms with van der Waals surface area (Å²) in [6.45, 7) is 4.18. The number of phenols is 1. The Labute approximate surface area is 186 Å². The van der Waals surface area contributed by atoms with Gasteiger partial charge in [-0.2, -0.15) is 5.10 Å². The maximum Gasteiger partial charge on any atom is 0.278 e. The van der Waals surface area contributed by atoms with Gasteiger partial charge < -0.3 is 19.9 Å². The Hall–Kier alpha value is -4.00. The standard InChI is InChI=1S/C25H25N3O4/c1-4-32-22-14-13-17(15-23(22)31-3)24-26-20-11-7-5-10-19(20)25(30)28(24)27-16(2)18-9-6-8-12-21(18)29/h5-15,24,26,29H,4H2,1-3H3. The summed E-state index contributed by atoms with van der Waals surface area (Å²) < 4.78 is 11.1. The molecule has 3 aromatic rings. The molecule has 0 spiro atoms. The number of phenolic OH excluding ortho intramolecular Hbond substituents is 1. The Balaban J connectivity index is 1.81. The van der Waals surface area contributed by atoms with Gasteiger partial charge in [-0.3, -0.25) is 4.79 Å². The largest absolute Gasteiger partial charge is 0.507 e. The van der Waals surface area contributed by atoms with Crippen molar-refractivity contribution < 1.29 is 19.4 Å². The second-order valence-corrected chi connectivity index (χ2v) is 7.29. The molecule has 1 atom stereocenters. The summed E-state index contributed by atoms with van der Waals surface area (Å²) in [7, 11) is 1.58. The summed E-state index contributed by atoms with van der Waals surface area (Å²) in [6.07, 6.45) is -0.581. The molecule has 0 aromatic heterocycles. The molecule has 1 heterocycles. The van der Waals surface area contributed by atoms with Crippen LogP contribution in [-0.4, -0.2) is 35.5 Å². The van der Waals surface area contributed by atoms with Gasteiger partial charge in [0, 0.05) is 16.8 Å². The molecule has 0 saturated carbocycles. The van der Waals surface area contributed by atoms with Gasteiger partial charge in [0.25, 0.3) is 5.91 Å². The molecule has 0 radical (unpaired) electrons. The smallest absolute Gasteiger partial charge is 0.278 e. The van der Waals surface area contributed by atoms with E-state index in [1.54, 1.807) is 38.3 Å². The van der Waals surface area contributed by atoms with E-state index in [-0.39, 0.29) is 11.7 Å². The number of fused-ring (bicyclic) bond motifs is 1. The average molecular weight is 431 g/mol. The Morgan fingerprint density at radius 2 is 1.84 bits per heavy atom. The number of hydrogen-bond acceptors (Lipinski definition) is 6. The van der Waals surface area contributed by atoms with Gasteiger partial charge in [-0.1, -0.05) is 30.3 Å². The summed E-state index contributed by atoms with van der Waals surface area (Å²) in [5, 5.41) is 19.7. The molecule has 0 bridgehead atoms. The highest BCUT2D eigenvalue weighted by Gasteiger charge is 2.34. The number of rotatable bonds is 6. The summed E-state index contributed by atoms with van der Waals surface area (Å²) in [4.78, 5) is 13.4. The zero-order valence-corrected chi connectivity index (χ0v) is 18.2.